The highest BCUT2D eigenvalue weighted by molar-refractivity contribution is 9.10. The Hall–Kier alpha value is -0.810. The molecule has 0 bridgehead atoms. The van der Waals surface area contributed by atoms with Crippen LogP contribution in [0.3, 0.4) is 0 Å². The maximum atomic E-state index is 13.7. The van der Waals surface area contributed by atoms with Crippen molar-refractivity contribution in [3.63, 3.8) is 0 Å². The summed E-state index contributed by atoms with van der Waals surface area (Å²) in [6.45, 7) is 3.79. The van der Waals surface area contributed by atoms with Gasteiger partial charge in [0.05, 0.1) is 5.56 Å². The van der Waals surface area contributed by atoms with Gasteiger partial charge in [-0.3, -0.25) is 0 Å². The van der Waals surface area contributed by atoms with Crippen LogP contribution in [0.15, 0.2) is 27.3 Å². The molecule has 5 heteroatoms. The SMILES string of the molecule is Cc1nc(-c2cc(Br)ccc2F)nc(Br)c1C. The van der Waals surface area contributed by atoms with Crippen molar-refractivity contribution >= 4 is 31.9 Å². The van der Waals surface area contributed by atoms with Crippen LogP contribution >= 0.6 is 31.9 Å². The van der Waals surface area contributed by atoms with E-state index in [1.807, 2.05) is 13.8 Å². The minimum absolute atomic E-state index is 0.330. The normalized spacial score (nSPS) is 10.6. The first-order chi connectivity index (χ1) is 7.99. The minimum Gasteiger partial charge on any atom is -0.233 e. The number of aryl methyl sites for hydroxylation is 1. The lowest BCUT2D eigenvalue weighted by molar-refractivity contribution is 0.629. The molecule has 0 spiro atoms. The molecular formula is C12H9Br2FN2. The third-order valence-corrected chi connectivity index (χ3v) is 3.76. The second kappa shape index (κ2) is 4.82. The van der Waals surface area contributed by atoms with Crippen LogP contribution in [-0.4, -0.2) is 9.97 Å². The van der Waals surface area contributed by atoms with Crippen molar-refractivity contribution in [2.75, 3.05) is 0 Å². The Labute approximate surface area is 116 Å². The number of nitrogens with zero attached hydrogens (tertiary/aromatic N) is 2. The maximum absolute atomic E-state index is 13.7. The fraction of sp³-hybridized carbons (Fsp3) is 0.167. The van der Waals surface area contributed by atoms with Crippen molar-refractivity contribution in [1.82, 2.24) is 9.97 Å². The van der Waals surface area contributed by atoms with E-state index in [-0.39, 0.29) is 5.82 Å². The van der Waals surface area contributed by atoms with Gasteiger partial charge in [-0.25, -0.2) is 14.4 Å². The van der Waals surface area contributed by atoms with Crippen molar-refractivity contribution < 1.29 is 4.39 Å². The van der Waals surface area contributed by atoms with Crippen LogP contribution in [0.4, 0.5) is 4.39 Å². The number of rotatable bonds is 1. The van der Waals surface area contributed by atoms with Crippen LogP contribution in [0, 0.1) is 19.7 Å². The standard InChI is InChI=1S/C12H9Br2FN2/c1-6-7(2)16-12(17-11(6)14)9-5-8(13)3-4-10(9)15/h3-5H,1-2H3. The molecule has 0 N–H and O–H groups in total. The quantitative estimate of drug-likeness (QED) is 0.704. The van der Waals surface area contributed by atoms with Gasteiger partial charge in [0.1, 0.15) is 10.4 Å². The van der Waals surface area contributed by atoms with Gasteiger partial charge >= 0.3 is 0 Å². The molecule has 17 heavy (non-hydrogen) atoms. The largest absolute Gasteiger partial charge is 0.233 e. The van der Waals surface area contributed by atoms with Crippen LogP contribution in [0.1, 0.15) is 11.3 Å². The molecule has 1 heterocycles. The Bertz CT molecular complexity index is 562. The first kappa shape index (κ1) is 12.6. The molecule has 2 rings (SSSR count). The van der Waals surface area contributed by atoms with Gasteiger partial charge in [-0.2, -0.15) is 0 Å². The Morgan fingerprint density at radius 1 is 1.12 bits per heavy atom. The third-order valence-electron chi connectivity index (χ3n) is 2.50. The van der Waals surface area contributed by atoms with Crippen molar-refractivity contribution in [1.29, 1.82) is 0 Å². The average Bonchev–Trinajstić information content (AvgIpc) is 2.28. The van der Waals surface area contributed by atoms with Gasteiger partial charge < -0.3 is 0 Å². The molecule has 0 fully saturated rings. The van der Waals surface area contributed by atoms with E-state index in [9.17, 15) is 4.39 Å². The zero-order chi connectivity index (χ0) is 12.6. The smallest absolute Gasteiger partial charge is 0.163 e. The van der Waals surface area contributed by atoms with E-state index >= 15 is 0 Å². The van der Waals surface area contributed by atoms with Gasteiger partial charge in [0.25, 0.3) is 0 Å². The van der Waals surface area contributed by atoms with E-state index in [4.69, 9.17) is 0 Å². The number of hydrogen-bond donors (Lipinski definition) is 0. The number of aromatic nitrogens is 2. The molecular weight excluding hydrogens is 351 g/mol. The molecule has 88 valence electrons. The summed E-state index contributed by atoms with van der Waals surface area (Å²) in [5, 5.41) is 0. The van der Waals surface area contributed by atoms with E-state index in [2.05, 4.69) is 41.8 Å². The van der Waals surface area contributed by atoms with Crippen molar-refractivity contribution in [3.8, 4) is 11.4 Å². The molecule has 0 aliphatic carbocycles. The summed E-state index contributed by atoms with van der Waals surface area (Å²) in [6.07, 6.45) is 0. The lowest BCUT2D eigenvalue weighted by atomic mass is 10.2. The highest BCUT2D eigenvalue weighted by Crippen LogP contribution is 2.26. The molecule has 0 radical (unpaired) electrons. The topological polar surface area (TPSA) is 25.8 Å². The van der Waals surface area contributed by atoms with E-state index in [1.165, 1.54) is 6.07 Å². The molecule has 2 nitrogen and oxygen atoms in total. The molecule has 0 atom stereocenters. The summed E-state index contributed by atoms with van der Waals surface area (Å²) in [4.78, 5) is 8.55. The van der Waals surface area contributed by atoms with E-state index < -0.39 is 0 Å². The molecule has 0 amide bonds. The highest BCUT2D eigenvalue weighted by Gasteiger charge is 2.12. The van der Waals surface area contributed by atoms with Crippen LogP contribution in [0.5, 0.6) is 0 Å². The van der Waals surface area contributed by atoms with Crippen LogP contribution < -0.4 is 0 Å². The van der Waals surface area contributed by atoms with E-state index in [0.717, 1.165) is 15.7 Å². The summed E-state index contributed by atoms with van der Waals surface area (Å²) >= 11 is 6.66. The molecule has 0 aliphatic rings. The molecule has 0 aliphatic heterocycles. The van der Waals surface area contributed by atoms with Crippen LogP contribution in [0.2, 0.25) is 0 Å². The van der Waals surface area contributed by atoms with E-state index in [0.29, 0.717) is 16.0 Å². The van der Waals surface area contributed by atoms with Crippen molar-refractivity contribution in [3.05, 3.63) is 44.3 Å². The lowest BCUT2D eigenvalue weighted by Gasteiger charge is -2.07. The predicted molar refractivity (Wildman–Crippen MR) is 72.3 cm³/mol. The summed E-state index contributed by atoms with van der Waals surface area (Å²) < 4.78 is 15.2. The van der Waals surface area contributed by atoms with Gasteiger partial charge in [0.2, 0.25) is 0 Å². The molecule has 0 unspecified atom stereocenters. The van der Waals surface area contributed by atoms with E-state index in [1.54, 1.807) is 12.1 Å². The molecule has 0 saturated carbocycles. The summed E-state index contributed by atoms with van der Waals surface area (Å²) in [6, 6.07) is 4.71. The summed E-state index contributed by atoms with van der Waals surface area (Å²) in [5.41, 5.74) is 2.19. The van der Waals surface area contributed by atoms with Crippen LogP contribution in [-0.2, 0) is 0 Å². The highest BCUT2D eigenvalue weighted by atomic mass is 79.9. The monoisotopic (exact) mass is 358 g/mol. The zero-order valence-corrected chi connectivity index (χ0v) is 12.4. The zero-order valence-electron chi connectivity index (χ0n) is 9.26. The Morgan fingerprint density at radius 3 is 2.47 bits per heavy atom. The molecule has 2 aromatic rings. The first-order valence-corrected chi connectivity index (χ1v) is 6.54. The second-order valence-electron chi connectivity index (χ2n) is 3.67. The fourth-order valence-corrected chi connectivity index (χ4v) is 2.20. The Balaban J connectivity index is 2.64. The number of benzene rings is 1. The van der Waals surface area contributed by atoms with Crippen LogP contribution in [0.25, 0.3) is 11.4 Å². The van der Waals surface area contributed by atoms with Gasteiger partial charge in [0.15, 0.2) is 5.82 Å². The molecule has 0 saturated heterocycles. The van der Waals surface area contributed by atoms with Gasteiger partial charge in [-0.1, -0.05) is 15.9 Å². The van der Waals surface area contributed by atoms with Gasteiger partial charge in [0, 0.05) is 15.7 Å². The molecule has 1 aromatic heterocycles. The maximum Gasteiger partial charge on any atom is 0.163 e. The fourth-order valence-electron chi connectivity index (χ4n) is 1.38. The third kappa shape index (κ3) is 2.55. The Kier molecular flexibility index (Phi) is 3.58. The number of halogens is 3. The summed E-state index contributed by atoms with van der Waals surface area (Å²) in [7, 11) is 0. The van der Waals surface area contributed by atoms with Gasteiger partial charge in [-0.15, -0.1) is 0 Å². The van der Waals surface area contributed by atoms with Crippen molar-refractivity contribution in [2.24, 2.45) is 0 Å². The summed E-state index contributed by atoms with van der Waals surface area (Å²) in [5.74, 6) is 0.0575. The van der Waals surface area contributed by atoms with Gasteiger partial charge in [-0.05, 0) is 48.0 Å². The second-order valence-corrected chi connectivity index (χ2v) is 5.34. The predicted octanol–water partition coefficient (Wildman–Crippen LogP) is 4.42. The Morgan fingerprint density at radius 2 is 1.82 bits per heavy atom. The lowest BCUT2D eigenvalue weighted by Crippen LogP contribution is -1.98. The van der Waals surface area contributed by atoms with Crippen molar-refractivity contribution in [2.45, 2.75) is 13.8 Å². The average molecular weight is 360 g/mol. The minimum atomic E-state index is -0.330. The molecule has 1 aromatic carbocycles. The first-order valence-electron chi connectivity index (χ1n) is 4.95. The number of hydrogen-bond acceptors (Lipinski definition) is 2.